The summed E-state index contributed by atoms with van der Waals surface area (Å²) in [6, 6.07) is 3.98. The van der Waals surface area contributed by atoms with Gasteiger partial charge >= 0.3 is 0 Å². The molecule has 2 unspecified atom stereocenters. The second kappa shape index (κ2) is 7.48. The van der Waals surface area contributed by atoms with E-state index < -0.39 is 22.5 Å². The molecule has 0 spiro atoms. The van der Waals surface area contributed by atoms with Gasteiger partial charge in [-0.25, -0.2) is 13.1 Å². The number of sulfonamides is 1. The number of benzene rings is 1. The van der Waals surface area contributed by atoms with Crippen LogP contribution < -0.4 is 20.5 Å². The van der Waals surface area contributed by atoms with Gasteiger partial charge in [0.15, 0.2) is 6.61 Å². The number of nitrogens with one attached hydrogen (secondary N) is 2. The Balaban J connectivity index is 2.26. The summed E-state index contributed by atoms with van der Waals surface area (Å²) < 4.78 is 33.2. The smallest absolute Gasteiger partial charge is 0.255 e. The lowest BCUT2D eigenvalue weighted by Gasteiger charge is -2.30. The second-order valence-electron chi connectivity index (χ2n) is 5.46. The van der Waals surface area contributed by atoms with Gasteiger partial charge in [0, 0.05) is 17.1 Å². The molecular weight excluding hydrogens is 342 g/mol. The number of hydrogen-bond acceptors (Lipinski definition) is 5. The molecule has 23 heavy (non-hydrogen) atoms. The van der Waals surface area contributed by atoms with E-state index >= 15 is 0 Å². The maximum Gasteiger partial charge on any atom is 0.255 e. The van der Waals surface area contributed by atoms with E-state index in [1.54, 1.807) is 0 Å². The van der Waals surface area contributed by atoms with Gasteiger partial charge in [-0.15, -0.1) is 0 Å². The molecule has 1 fully saturated rings. The van der Waals surface area contributed by atoms with E-state index in [0.29, 0.717) is 0 Å². The van der Waals surface area contributed by atoms with E-state index in [2.05, 4.69) is 10.0 Å². The summed E-state index contributed by atoms with van der Waals surface area (Å²) >= 11 is 5.91. The van der Waals surface area contributed by atoms with Gasteiger partial charge in [-0.05, 0) is 44.5 Å². The van der Waals surface area contributed by atoms with Crippen molar-refractivity contribution in [1.29, 1.82) is 0 Å². The third-order valence-electron chi connectivity index (χ3n) is 3.63. The summed E-state index contributed by atoms with van der Waals surface area (Å²) in [6.07, 6.45) is 1.63. The Hall–Kier alpha value is -1.35. The van der Waals surface area contributed by atoms with Gasteiger partial charge in [0.25, 0.3) is 5.91 Å². The van der Waals surface area contributed by atoms with E-state index in [-0.39, 0.29) is 27.8 Å². The summed E-state index contributed by atoms with van der Waals surface area (Å²) in [7, 11) is -3.85. The van der Waals surface area contributed by atoms with Gasteiger partial charge in [0.1, 0.15) is 10.6 Å². The van der Waals surface area contributed by atoms with Gasteiger partial charge in [-0.3, -0.25) is 4.79 Å². The first kappa shape index (κ1) is 18.0. The van der Waals surface area contributed by atoms with Crippen LogP contribution in [0.1, 0.15) is 19.8 Å². The number of carbonyl (C=O) groups excluding carboxylic acids is 1. The monoisotopic (exact) mass is 361 g/mol. The van der Waals surface area contributed by atoms with Crippen molar-refractivity contribution >= 4 is 27.5 Å². The molecule has 4 N–H and O–H groups in total. The number of nitrogens with two attached hydrogens (primary N) is 1. The SMILES string of the molecule is CC1NCCCC1NS(=O)(=O)c1cc(Cl)ccc1OCC(N)=O. The average Bonchev–Trinajstić information content (AvgIpc) is 2.48. The molecule has 1 aromatic carbocycles. The summed E-state index contributed by atoms with van der Waals surface area (Å²) in [5, 5.41) is 3.48. The van der Waals surface area contributed by atoms with Crippen LogP contribution in [-0.2, 0) is 14.8 Å². The molecule has 128 valence electrons. The van der Waals surface area contributed by atoms with Gasteiger partial charge < -0.3 is 15.8 Å². The highest BCUT2D eigenvalue weighted by Gasteiger charge is 2.28. The fourth-order valence-corrected chi connectivity index (χ4v) is 4.19. The number of piperidine rings is 1. The normalized spacial score (nSPS) is 21.8. The molecule has 1 aromatic rings. The molecule has 1 aliphatic rings. The first-order valence-electron chi connectivity index (χ1n) is 7.26. The van der Waals surface area contributed by atoms with Crippen molar-refractivity contribution in [2.24, 2.45) is 5.73 Å². The van der Waals surface area contributed by atoms with Crippen LogP contribution in [0.5, 0.6) is 5.75 Å². The molecule has 0 aliphatic carbocycles. The van der Waals surface area contributed by atoms with Crippen molar-refractivity contribution in [3.63, 3.8) is 0 Å². The quantitative estimate of drug-likeness (QED) is 0.688. The van der Waals surface area contributed by atoms with Gasteiger partial charge in [0.2, 0.25) is 10.0 Å². The van der Waals surface area contributed by atoms with Crippen LogP contribution in [-0.4, -0.2) is 39.6 Å². The zero-order chi connectivity index (χ0) is 17.0. The maximum absolute atomic E-state index is 12.7. The van der Waals surface area contributed by atoms with Crippen LogP contribution in [0.15, 0.2) is 23.1 Å². The number of carbonyl (C=O) groups is 1. The molecule has 1 heterocycles. The number of hydrogen-bond donors (Lipinski definition) is 3. The predicted octanol–water partition coefficient (Wildman–Crippen LogP) is 0.623. The summed E-state index contributed by atoms with van der Waals surface area (Å²) in [6.45, 7) is 2.38. The molecule has 1 aliphatic heterocycles. The highest BCUT2D eigenvalue weighted by atomic mass is 35.5. The number of ether oxygens (including phenoxy) is 1. The van der Waals surface area contributed by atoms with Crippen LogP contribution in [0.25, 0.3) is 0 Å². The molecule has 0 bridgehead atoms. The number of rotatable bonds is 6. The van der Waals surface area contributed by atoms with E-state index in [4.69, 9.17) is 22.1 Å². The minimum atomic E-state index is -3.85. The van der Waals surface area contributed by atoms with Crippen molar-refractivity contribution in [2.45, 2.75) is 36.7 Å². The van der Waals surface area contributed by atoms with Crippen molar-refractivity contribution in [3.8, 4) is 5.75 Å². The first-order chi connectivity index (χ1) is 10.8. The van der Waals surface area contributed by atoms with E-state index in [0.717, 1.165) is 19.4 Å². The van der Waals surface area contributed by atoms with Gasteiger partial charge in [0.05, 0.1) is 0 Å². The zero-order valence-electron chi connectivity index (χ0n) is 12.7. The van der Waals surface area contributed by atoms with Crippen LogP contribution >= 0.6 is 11.6 Å². The lowest BCUT2D eigenvalue weighted by Crippen LogP contribution is -2.51. The summed E-state index contributed by atoms with van der Waals surface area (Å²) in [5.74, 6) is -0.654. The van der Waals surface area contributed by atoms with E-state index in [9.17, 15) is 13.2 Å². The Bertz CT molecular complexity index is 681. The topological polar surface area (TPSA) is 111 Å². The zero-order valence-corrected chi connectivity index (χ0v) is 14.3. The Morgan fingerprint density at radius 3 is 2.91 bits per heavy atom. The molecule has 2 atom stereocenters. The fourth-order valence-electron chi connectivity index (χ4n) is 2.43. The molecule has 1 saturated heterocycles. The average molecular weight is 362 g/mol. The molecule has 0 aromatic heterocycles. The third-order valence-corrected chi connectivity index (χ3v) is 5.38. The minimum Gasteiger partial charge on any atom is -0.482 e. The predicted molar refractivity (Wildman–Crippen MR) is 86.9 cm³/mol. The number of primary amides is 1. The Morgan fingerprint density at radius 2 is 2.26 bits per heavy atom. The largest absolute Gasteiger partial charge is 0.482 e. The molecule has 0 saturated carbocycles. The van der Waals surface area contributed by atoms with Crippen molar-refractivity contribution in [3.05, 3.63) is 23.2 Å². The van der Waals surface area contributed by atoms with E-state index in [1.165, 1.54) is 18.2 Å². The van der Waals surface area contributed by atoms with Gasteiger partial charge in [-0.2, -0.15) is 0 Å². The number of amides is 1. The second-order valence-corrected chi connectivity index (χ2v) is 7.58. The van der Waals surface area contributed by atoms with Crippen LogP contribution in [0.2, 0.25) is 5.02 Å². The molecular formula is C14H20ClN3O4S. The van der Waals surface area contributed by atoms with Crippen molar-refractivity contribution < 1.29 is 17.9 Å². The Labute approximate surface area is 140 Å². The first-order valence-corrected chi connectivity index (χ1v) is 9.12. The molecule has 9 heteroatoms. The highest BCUT2D eigenvalue weighted by molar-refractivity contribution is 7.89. The summed E-state index contributed by atoms with van der Waals surface area (Å²) in [4.78, 5) is 10.8. The van der Waals surface area contributed by atoms with Crippen molar-refractivity contribution in [2.75, 3.05) is 13.2 Å². The van der Waals surface area contributed by atoms with Crippen molar-refractivity contribution in [1.82, 2.24) is 10.0 Å². The summed E-state index contributed by atoms with van der Waals surface area (Å²) in [5.41, 5.74) is 5.03. The lowest BCUT2D eigenvalue weighted by molar-refractivity contribution is -0.120. The molecule has 1 amide bonds. The Kier molecular flexibility index (Phi) is 5.85. The minimum absolute atomic E-state index is 0.0210. The van der Waals surface area contributed by atoms with Gasteiger partial charge in [-0.1, -0.05) is 11.6 Å². The standard InChI is InChI=1S/C14H20ClN3O4S/c1-9-11(3-2-6-17-9)18-23(20,21)13-7-10(15)4-5-12(13)22-8-14(16)19/h4-5,7,9,11,17-18H,2-3,6,8H2,1H3,(H2,16,19). The highest BCUT2D eigenvalue weighted by Crippen LogP contribution is 2.28. The lowest BCUT2D eigenvalue weighted by atomic mass is 10.0. The number of halogens is 1. The Morgan fingerprint density at radius 1 is 1.52 bits per heavy atom. The molecule has 2 rings (SSSR count). The van der Waals surface area contributed by atoms with Crippen LogP contribution in [0, 0.1) is 0 Å². The molecule has 0 radical (unpaired) electrons. The molecule has 7 nitrogen and oxygen atoms in total. The third kappa shape index (κ3) is 4.81. The fraction of sp³-hybridized carbons (Fsp3) is 0.500. The maximum atomic E-state index is 12.7. The van der Waals surface area contributed by atoms with Crippen LogP contribution in [0.3, 0.4) is 0 Å². The van der Waals surface area contributed by atoms with Crippen LogP contribution in [0.4, 0.5) is 0 Å². The van der Waals surface area contributed by atoms with E-state index in [1.807, 2.05) is 6.92 Å².